The molecule has 0 fully saturated rings. The predicted molar refractivity (Wildman–Crippen MR) is 177 cm³/mol. The highest BCUT2D eigenvalue weighted by atomic mass is 35.5. The minimum absolute atomic E-state index is 0.0459. The maximum atomic E-state index is 10.4. The Hall–Kier alpha value is -3.20. The Morgan fingerprint density at radius 2 is 1.82 bits per heavy atom. The van der Waals surface area contributed by atoms with E-state index in [0.717, 1.165) is 65.5 Å². The Morgan fingerprint density at radius 1 is 1.09 bits per heavy atom. The number of aliphatic imine (C=N–C) groups is 1. The monoisotopic (exact) mass is 651 g/mol. The number of likely N-dealkylation sites (N-methyl/N-ethyl adjacent to an activating group) is 1. The van der Waals surface area contributed by atoms with Crippen molar-refractivity contribution in [2.24, 2.45) is 4.99 Å². The molecule has 8 nitrogen and oxygen atoms in total. The molecule has 1 unspecified atom stereocenters. The molecule has 3 aromatic rings. The van der Waals surface area contributed by atoms with Gasteiger partial charge in [-0.2, -0.15) is 10.7 Å². The molecule has 0 amide bonds. The standard InChI is InChI=1S/C26H30ClN5S.C7H8O3S/c1-5-8-18-9-10-24(33-11-6-2)21(12-18)26-20-14-22(27)19(15-28)13-23(20)32-17(4)30-31(7-3)25(32)16-29-26;1-6-2-4-7(5-3-6)11(8,9)10/h9-10,12-14,25H,5-8,11,16H2,1-4H3;2-5H,1H3,(H,8,9,10). The van der Waals surface area contributed by atoms with Gasteiger partial charge in [0.15, 0.2) is 0 Å². The van der Waals surface area contributed by atoms with E-state index in [4.69, 9.17) is 16.6 Å². The molecule has 44 heavy (non-hydrogen) atoms. The van der Waals surface area contributed by atoms with E-state index in [1.54, 1.807) is 12.1 Å². The molecular formula is C33H38ClN5O3S2. The summed E-state index contributed by atoms with van der Waals surface area (Å²) in [5, 5.41) is 12.4. The summed E-state index contributed by atoms with van der Waals surface area (Å²) in [4.78, 5) is 6.27. The number of benzene rings is 3. The molecular weight excluding hydrogens is 614 g/mol. The predicted octanol–water partition coefficient (Wildman–Crippen LogP) is 6.65. The maximum absolute atomic E-state index is 10.4. The zero-order chi connectivity index (χ0) is 32.0. The van der Waals surface area contributed by atoms with Crippen LogP contribution >= 0.6 is 23.4 Å². The van der Waals surface area contributed by atoms with E-state index in [9.17, 15) is 18.2 Å². The highest BCUT2D eigenvalue weighted by Gasteiger charge is 2.41. The molecule has 0 bridgehead atoms. The van der Waals surface area contributed by atoms with Gasteiger partial charge in [-0.3, -0.25) is 4.99 Å². The van der Waals surface area contributed by atoms with E-state index < -0.39 is 10.1 Å². The lowest BCUT2D eigenvalue weighted by Crippen LogP contribution is -2.43. The lowest BCUT2D eigenvalue weighted by Gasteiger charge is -2.17. The lowest BCUT2D eigenvalue weighted by molar-refractivity contribution is -0.496. The van der Waals surface area contributed by atoms with Gasteiger partial charge < -0.3 is 4.55 Å². The highest BCUT2D eigenvalue weighted by Crippen LogP contribution is 2.36. The fourth-order valence-corrected chi connectivity index (χ4v) is 6.86. The summed E-state index contributed by atoms with van der Waals surface area (Å²) in [5.74, 6) is 2.09. The lowest BCUT2D eigenvalue weighted by atomic mass is 9.96. The van der Waals surface area contributed by atoms with Crippen molar-refractivity contribution in [2.45, 2.75) is 69.8 Å². The molecule has 2 aliphatic rings. The zero-order valence-electron chi connectivity index (χ0n) is 25.7. The Kier molecular flexibility index (Phi) is 11.3. The molecule has 2 heterocycles. The van der Waals surface area contributed by atoms with E-state index in [1.165, 1.54) is 22.6 Å². The number of thioether (sulfide) groups is 1. The average molecular weight is 652 g/mol. The molecule has 5 rings (SSSR count). The van der Waals surface area contributed by atoms with Gasteiger partial charge in [0.1, 0.15) is 21.9 Å². The first-order valence-corrected chi connectivity index (χ1v) is 17.5. The third-order valence-corrected chi connectivity index (χ3v) is 9.85. The normalized spacial score (nSPS) is 16.1. The van der Waals surface area contributed by atoms with Gasteiger partial charge in [-0.25, -0.2) is 13.0 Å². The number of hydrogen-bond donors (Lipinski definition) is 1. The van der Waals surface area contributed by atoms with Crippen LogP contribution in [0.1, 0.15) is 68.4 Å². The summed E-state index contributed by atoms with van der Waals surface area (Å²) in [6, 6.07) is 18.7. The van der Waals surface area contributed by atoms with Crippen molar-refractivity contribution in [1.82, 2.24) is 10.4 Å². The Morgan fingerprint density at radius 3 is 2.43 bits per heavy atom. The first-order valence-electron chi connectivity index (χ1n) is 14.8. The van der Waals surface area contributed by atoms with Crippen molar-refractivity contribution < 1.29 is 17.5 Å². The molecule has 1 N–H and O–H groups in total. The minimum Gasteiger partial charge on any atom is -0.744 e. The number of halogens is 1. The minimum atomic E-state index is -4.27. The van der Waals surface area contributed by atoms with E-state index >= 15 is 0 Å². The summed E-state index contributed by atoms with van der Waals surface area (Å²) in [5.41, 5.74) is 10.3. The summed E-state index contributed by atoms with van der Waals surface area (Å²) >= 11 is 8.45. The van der Waals surface area contributed by atoms with Crippen LogP contribution < -0.4 is 5.43 Å². The van der Waals surface area contributed by atoms with Crippen LogP contribution in [0, 0.1) is 18.3 Å². The van der Waals surface area contributed by atoms with Crippen LogP contribution in [-0.2, 0) is 16.5 Å². The summed E-state index contributed by atoms with van der Waals surface area (Å²) in [7, 11) is -4.27. The summed E-state index contributed by atoms with van der Waals surface area (Å²) in [6.07, 6.45) is 3.30. The Balaban J connectivity index is 0.000000339. The number of hydrazine groups is 1. The number of hydrogen-bond acceptors (Lipinski definition) is 8. The fraction of sp³-hybridized carbons (Fsp3) is 0.364. The first-order chi connectivity index (χ1) is 21.0. The number of fused-ring (bicyclic) bond motifs is 3. The summed E-state index contributed by atoms with van der Waals surface area (Å²) < 4.78 is 33.4. The molecule has 0 saturated carbocycles. The molecule has 11 heteroatoms. The van der Waals surface area contributed by atoms with Crippen molar-refractivity contribution in [3.05, 3.63) is 87.4 Å². The molecule has 3 aromatic carbocycles. The topological polar surface area (TPSA) is 112 Å². The van der Waals surface area contributed by atoms with Gasteiger partial charge in [0.25, 0.3) is 5.84 Å². The van der Waals surface area contributed by atoms with Gasteiger partial charge >= 0.3 is 0 Å². The van der Waals surface area contributed by atoms with Gasteiger partial charge in [-0.1, -0.05) is 55.6 Å². The number of nitrogens with one attached hydrogen (secondary N) is 1. The van der Waals surface area contributed by atoms with Crippen LogP contribution in [-0.4, -0.2) is 59.1 Å². The van der Waals surface area contributed by atoms with Crippen molar-refractivity contribution in [3.8, 4) is 6.07 Å². The molecule has 232 valence electrons. The molecule has 2 aliphatic heterocycles. The van der Waals surface area contributed by atoms with Gasteiger partial charge in [0.05, 0.1) is 27.7 Å². The fourth-order valence-electron chi connectivity index (χ4n) is 5.28. The number of aryl methyl sites for hydroxylation is 2. The van der Waals surface area contributed by atoms with Crippen molar-refractivity contribution in [1.29, 1.82) is 5.26 Å². The van der Waals surface area contributed by atoms with Crippen LogP contribution in [0.2, 0.25) is 5.02 Å². The second-order valence-electron chi connectivity index (χ2n) is 10.7. The second-order valence-corrected chi connectivity index (χ2v) is 13.6. The van der Waals surface area contributed by atoms with Crippen molar-refractivity contribution in [3.63, 3.8) is 0 Å². The molecule has 0 saturated heterocycles. The number of nitrogens with zero attached hydrogens (tertiary/aromatic N) is 4. The Labute approximate surface area is 270 Å². The van der Waals surface area contributed by atoms with E-state index in [-0.39, 0.29) is 11.1 Å². The quantitative estimate of drug-likeness (QED) is 0.165. The van der Waals surface area contributed by atoms with Gasteiger partial charge in [-0.05, 0) is 68.3 Å². The summed E-state index contributed by atoms with van der Waals surface area (Å²) in [6.45, 7) is 11.9. The maximum Gasteiger partial charge on any atom is 0.266 e. The number of rotatable bonds is 8. The van der Waals surface area contributed by atoms with Crippen LogP contribution in [0.4, 0.5) is 5.69 Å². The smallest absolute Gasteiger partial charge is 0.266 e. The van der Waals surface area contributed by atoms with Gasteiger partial charge in [0, 0.05) is 35.6 Å². The van der Waals surface area contributed by atoms with Crippen molar-refractivity contribution in [2.75, 3.05) is 18.8 Å². The Bertz CT molecular complexity index is 1730. The largest absolute Gasteiger partial charge is 0.744 e. The number of amidine groups is 1. The molecule has 0 aliphatic carbocycles. The molecule has 1 atom stereocenters. The molecule has 0 radical (unpaired) electrons. The van der Waals surface area contributed by atoms with Gasteiger partial charge in [0.2, 0.25) is 6.17 Å². The number of nitriles is 1. The third kappa shape index (κ3) is 7.53. The molecule has 0 aromatic heterocycles. The highest BCUT2D eigenvalue weighted by molar-refractivity contribution is 7.99. The zero-order valence-corrected chi connectivity index (χ0v) is 28.1. The first kappa shape index (κ1) is 33.7. The molecule has 0 spiro atoms. The van der Waals surface area contributed by atoms with Crippen LogP contribution in [0.3, 0.4) is 0 Å². The van der Waals surface area contributed by atoms with E-state index in [1.807, 2.05) is 30.8 Å². The van der Waals surface area contributed by atoms with Crippen LogP contribution in [0.15, 0.2) is 69.4 Å². The second kappa shape index (κ2) is 14.7. The average Bonchev–Trinajstić information content (AvgIpc) is 3.22. The van der Waals surface area contributed by atoms with E-state index in [0.29, 0.717) is 17.1 Å². The van der Waals surface area contributed by atoms with E-state index in [2.05, 4.69) is 67.0 Å². The SMILES string of the molecule is CCCSc1ccc(CCC)cc1C1=NCC2N(CC)NC(C)=[N+]2c2cc(C#N)c(Cl)cc21.Cc1ccc(S(=O)(=O)[O-])cc1. The van der Waals surface area contributed by atoms with Gasteiger partial charge in [-0.15, -0.1) is 16.8 Å². The van der Waals surface area contributed by atoms with Crippen LogP contribution in [0.5, 0.6) is 0 Å². The van der Waals surface area contributed by atoms with Crippen LogP contribution in [0.25, 0.3) is 0 Å². The van der Waals surface area contributed by atoms with Crippen molar-refractivity contribution >= 4 is 50.7 Å². The third-order valence-electron chi connectivity index (χ3n) is 7.41.